The van der Waals surface area contributed by atoms with Crippen LogP contribution in [0.2, 0.25) is 0 Å². The number of pyridine rings is 1. The summed E-state index contributed by atoms with van der Waals surface area (Å²) in [4.78, 5) is 46.4. The number of hydrogen-bond donors (Lipinski definition) is 2. The van der Waals surface area contributed by atoms with Crippen LogP contribution >= 0.6 is 0 Å². The van der Waals surface area contributed by atoms with Crippen molar-refractivity contribution in [2.45, 2.75) is 44.3 Å². The zero-order valence-electron chi connectivity index (χ0n) is 26.1. The lowest BCUT2D eigenvalue weighted by atomic mass is 10.00. The topological polar surface area (TPSA) is 150 Å². The fraction of sp³-hybridized carbons (Fsp3) is 0.257. The SMILES string of the molecule is CC(C)CC(C(=O)N(CC(=O)CNS(=O)(=O)c1ccc2oc3ccccc3c2c1)Cc1ccncc1)N(Cc1ccccc1)C(=O)O. The maximum atomic E-state index is 14.2. The van der Waals surface area contributed by atoms with Gasteiger partial charge in [0.05, 0.1) is 18.0 Å². The second-order valence-corrected chi connectivity index (χ2v) is 13.5. The lowest BCUT2D eigenvalue weighted by Crippen LogP contribution is -2.52. The molecule has 0 aliphatic rings. The molecular weight excluding hydrogens is 620 g/mol. The number of carboxylic acid groups (broad SMARTS) is 1. The fourth-order valence-corrected chi connectivity index (χ4v) is 6.47. The molecule has 2 heterocycles. The molecule has 3 aromatic carbocycles. The van der Waals surface area contributed by atoms with Gasteiger partial charge in [0.25, 0.3) is 0 Å². The van der Waals surface area contributed by atoms with Crippen molar-refractivity contribution < 1.29 is 32.3 Å². The Hall–Kier alpha value is -5.07. The van der Waals surface area contributed by atoms with E-state index >= 15 is 0 Å². The number of nitrogens with zero attached hydrogens (tertiary/aromatic N) is 3. The molecule has 0 saturated heterocycles. The van der Waals surface area contributed by atoms with Gasteiger partial charge in [-0.05, 0) is 59.9 Å². The van der Waals surface area contributed by atoms with Gasteiger partial charge < -0.3 is 14.4 Å². The predicted molar refractivity (Wildman–Crippen MR) is 177 cm³/mol. The number of amides is 2. The maximum Gasteiger partial charge on any atom is 0.408 e. The van der Waals surface area contributed by atoms with Gasteiger partial charge in [0.15, 0.2) is 5.78 Å². The summed E-state index contributed by atoms with van der Waals surface area (Å²) in [5, 5.41) is 11.6. The van der Waals surface area contributed by atoms with Crippen molar-refractivity contribution in [1.82, 2.24) is 19.5 Å². The summed E-state index contributed by atoms with van der Waals surface area (Å²) in [7, 11) is -4.11. The van der Waals surface area contributed by atoms with Crippen molar-refractivity contribution in [3.63, 3.8) is 0 Å². The molecule has 0 aliphatic carbocycles. The first-order chi connectivity index (χ1) is 22.5. The number of carbonyl (C=O) groups is 3. The van der Waals surface area contributed by atoms with Crippen LogP contribution in [0.15, 0.2) is 107 Å². The Bertz CT molecular complexity index is 1980. The number of ketones is 1. The third kappa shape index (κ3) is 8.21. The lowest BCUT2D eigenvalue weighted by Gasteiger charge is -2.34. The molecule has 0 aliphatic heterocycles. The molecule has 11 nitrogen and oxygen atoms in total. The van der Waals surface area contributed by atoms with Crippen LogP contribution in [-0.2, 0) is 32.7 Å². The van der Waals surface area contributed by atoms with E-state index in [4.69, 9.17) is 4.42 Å². The van der Waals surface area contributed by atoms with Gasteiger partial charge in [0.1, 0.15) is 17.2 Å². The van der Waals surface area contributed by atoms with Crippen molar-refractivity contribution in [3.05, 3.63) is 108 Å². The van der Waals surface area contributed by atoms with Gasteiger partial charge in [-0.15, -0.1) is 0 Å². The highest BCUT2D eigenvalue weighted by Gasteiger charge is 2.34. The Labute approximate surface area is 272 Å². The van der Waals surface area contributed by atoms with Crippen LogP contribution < -0.4 is 4.72 Å². The number of nitrogens with one attached hydrogen (secondary N) is 1. The van der Waals surface area contributed by atoms with Crippen LogP contribution in [0.4, 0.5) is 4.79 Å². The summed E-state index contributed by atoms with van der Waals surface area (Å²) in [5.41, 5.74) is 2.55. The summed E-state index contributed by atoms with van der Waals surface area (Å²) >= 11 is 0. The van der Waals surface area contributed by atoms with Crippen LogP contribution in [-0.4, -0.2) is 65.2 Å². The molecule has 0 bridgehead atoms. The quantitative estimate of drug-likeness (QED) is 0.160. The Morgan fingerprint density at radius 2 is 1.51 bits per heavy atom. The molecule has 2 N–H and O–H groups in total. The summed E-state index contributed by atoms with van der Waals surface area (Å²) in [5.74, 6) is -1.17. The Morgan fingerprint density at radius 3 is 2.21 bits per heavy atom. The smallest absolute Gasteiger partial charge is 0.408 e. The average Bonchev–Trinajstić information content (AvgIpc) is 3.44. The number of furan rings is 1. The van der Waals surface area contributed by atoms with E-state index in [9.17, 15) is 27.9 Å². The number of para-hydroxylation sites is 1. The molecule has 5 aromatic rings. The molecule has 1 atom stereocenters. The third-order valence-electron chi connectivity index (χ3n) is 7.72. The van der Waals surface area contributed by atoms with Gasteiger partial charge >= 0.3 is 6.09 Å². The van der Waals surface area contributed by atoms with Crippen LogP contribution in [0, 0.1) is 5.92 Å². The molecule has 12 heteroatoms. The first kappa shape index (κ1) is 33.3. The van der Waals surface area contributed by atoms with Crippen molar-refractivity contribution >= 4 is 49.7 Å². The minimum Gasteiger partial charge on any atom is -0.465 e. The van der Waals surface area contributed by atoms with Crippen molar-refractivity contribution in [1.29, 1.82) is 0 Å². The molecule has 2 aromatic heterocycles. The Morgan fingerprint density at radius 1 is 0.851 bits per heavy atom. The van der Waals surface area contributed by atoms with Crippen LogP contribution in [0.3, 0.4) is 0 Å². The number of fused-ring (bicyclic) bond motifs is 3. The standard InChI is InChI=1S/C35H36N4O7S/c1-24(2)18-31(39(35(42)43)22-25-8-4-3-5-9-25)34(41)38(21-26-14-16-36-17-15-26)23-27(40)20-37-47(44,45)28-12-13-33-30(19-28)29-10-6-7-11-32(29)46-33/h3-17,19,24,31,37H,18,20-23H2,1-2H3,(H,42,43). The van der Waals surface area contributed by atoms with E-state index in [1.807, 2.05) is 38.1 Å². The largest absolute Gasteiger partial charge is 0.465 e. The summed E-state index contributed by atoms with van der Waals surface area (Å²) in [6.45, 7) is 2.74. The minimum atomic E-state index is -4.11. The summed E-state index contributed by atoms with van der Waals surface area (Å²) < 4.78 is 34.7. The van der Waals surface area contributed by atoms with Gasteiger partial charge in [-0.25, -0.2) is 17.9 Å². The molecule has 47 heavy (non-hydrogen) atoms. The molecule has 0 radical (unpaired) electrons. The second-order valence-electron chi connectivity index (χ2n) is 11.7. The number of rotatable bonds is 14. The normalized spacial score (nSPS) is 12.3. The van der Waals surface area contributed by atoms with Crippen molar-refractivity contribution in [2.75, 3.05) is 13.1 Å². The molecular formula is C35H36N4O7S. The lowest BCUT2D eigenvalue weighted by molar-refractivity contribution is -0.140. The van der Waals surface area contributed by atoms with E-state index < -0.39 is 46.9 Å². The minimum absolute atomic E-state index is 0.00251. The maximum absolute atomic E-state index is 14.2. The number of aromatic nitrogens is 1. The number of sulfonamides is 1. The van der Waals surface area contributed by atoms with E-state index in [-0.39, 0.29) is 30.3 Å². The molecule has 244 valence electrons. The van der Waals surface area contributed by atoms with E-state index in [0.29, 0.717) is 27.7 Å². The predicted octanol–water partition coefficient (Wildman–Crippen LogP) is 5.45. The highest BCUT2D eigenvalue weighted by atomic mass is 32.2. The molecule has 0 saturated carbocycles. The van der Waals surface area contributed by atoms with Crippen LogP contribution in [0.25, 0.3) is 21.9 Å². The monoisotopic (exact) mass is 656 g/mol. The molecule has 0 spiro atoms. The van der Waals surface area contributed by atoms with Crippen LogP contribution in [0.1, 0.15) is 31.4 Å². The van der Waals surface area contributed by atoms with Crippen molar-refractivity contribution in [3.8, 4) is 0 Å². The van der Waals surface area contributed by atoms with Gasteiger partial charge in [-0.2, -0.15) is 0 Å². The molecule has 0 fully saturated rings. The van der Waals surface area contributed by atoms with Gasteiger partial charge in [-0.3, -0.25) is 19.5 Å². The second kappa shape index (κ2) is 14.6. The third-order valence-corrected chi connectivity index (χ3v) is 9.12. The molecule has 5 rings (SSSR count). The van der Waals surface area contributed by atoms with Crippen molar-refractivity contribution in [2.24, 2.45) is 5.92 Å². The van der Waals surface area contributed by atoms with Gasteiger partial charge in [-0.1, -0.05) is 62.4 Å². The first-order valence-electron chi connectivity index (χ1n) is 15.2. The van der Waals surface area contributed by atoms with E-state index in [1.165, 1.54) is 17.0 Å². The average molecular weight is 657 g/mol. The zero-order valence-corrected chi connectivity index (χ0v) is 26.9. The summed E-state index contributed by atoms with van der Waals surface area (Å²) in [6.07, 6.45) is 2.06. The summed E-state index contributed by atoms with van der Waals surface area (Å²) in [6, 6.07) is 23.0. The zero-order chi connectivity index (χ0) is 33.6. The Kier molecular flexibility index (Phi) is 10.3. The van der Waals surface area contributed by atoms with E-state index in [0.717, 1.165) is 10.3 Å². The number of benzene rings is 3. The first-order valence-corrected chi connectivity index (χ1v) is 16.6. The number of hydrogen-bond acceptors (Lipinski definition) is 7. The number of Topliss-reactive ketones (excluding diaryl/α,β-unsaturated/α-hetero) is 1. The Balaban J connectivity index is 1.36. The molecule has 1 unspecified atom stereocenters. The van der Waals surface area contributed by atoms with E-state index in [1.54, 1.807) is 60.9 Å². The highest BCUT2D eigenvalue weighted by molar-refractivity contribution is 7.89. The van der Waals surface area contributed by atoms with Crippen LogP contribution in [0.5, 0.6) is 0 Å². The van der Waals surface area contributed by atoms with E-state index in [2.05, 4.69) is 9.71 Å². The fourth-order valence-electron chi connectivity index (χ4n) is 5.43. The van der Waals surface area contributed by atoms with Gasteiger partial charge in [0.2, 0.25) is 15.9 Å². The highest BCUT2D eigenvalue weighted by Crippen LogP contribution is 2.30. The van der Waals surface area contributed by atoms with Gasteiger partial charge in [0, 0.05) is 36.3 Å². The molecule has 2 amide bonds. The number of carbonyl (C=O) groups excluding carboxylic acids is 2.